The Labute approximate surface area is 128 Å². The molecule has 110 valence electrons. The molecule has 0 bridgehead atoms. The molecular formula is C16H18N2O2S. The predicted molar refractivity (Wildman–Crippen MR) is 86.4 cm³/mol. The Morgan fingerprint density at radius 1 is 1.33 bits per heavy atom. The topological polar surface area (TPSA) is 50.7 Å². The van der Waals surface area contributed by atoms with Crippen LogP contribution in [0.1, 0.15) is 34.0 Å². The molecule has 0 radical (unpaired) electrons. The minimum atomic E-state index is -0.250. The van der Waals surface area contributed by atoms with Crippen molar-refractivity contribution in [2.45, 2.75) is 20.3 Å². The first kappa shape index (κ1) is 15.3. The summed E-state index contributed by atoms with van der Waals surface area (Å²) in [6, 6.07) is 11.1. The Bertz CT molecular complexity index is 662. The molecule has 0 aliphatic carbocycles. The Morgan fingerprint density at radius 2 is 2.14 bits per heavy atom. The molecule has 2 aromatic rings. The van der Waals surface area contributed by atoms with Crippen molar-refractivity contribution in [3.63, 3.8) is 0 Å². The van der Waals surface area contributed by atoms with Crippen molar-refractivity contribution in [3.8, 4) is 5.75 Å². The highest BCUT2D eigenvalue weighted by Crippen LogP contribution is 2.17. The molecule has 0 unspecified atom stereocenters. The van der Waals surface area contributed by atoms with Crippen LogP contribution in [0.3, 0.4) is 0 Å². The molecule has 5 heteroatoms. The van der Waals surface area contributed by atoms with Gasteiger partial charge in [0, 0.05) is 10.4 Å². The number of ether oxygens (including phenoxy) is 1. The Kier molecular flexibility index (Phi) is 5.11. The maximum absolute atomic E-state index is 12.0. The summed E-state index contributed by atoms with van der Waals surface area (Å²) in [5, 5.41) is 4.16. The standard InChI is InChI=1S/C16H18N2O2S/c1-4-14-8-9-15(21-14)11(2)17-18-16(19)12-6-5-7-13(10-12)20-3/h5-10H,4H2,1-3H3,(H,18,19)/b17-11+. The van der Waals surface area contributed by atoms with Crippen LogP contribution in [0.2, 0.25) is 0 Å². The second kappa shape index (κ2) is 7.04. The normalized spacial score (nSPS) is 11.3. The molecule has 4 nitrogen and oxygen atoms in total. The highest BCUT2D eigenvalue weighted by atomic mass is 32.1. The minimum absolute atomic E-state index is 0.250. The van der Waals surface area contributed by atoms with Crippen molar-refractivity contribution in [2.75, 3.05) is 7.11 Å². The summed E-state index contributed by atoms with van der Waals surface area (Å²) in [6.45, 7) is 4.00. The Hall–Kier alpha value is -2.14. The highest BCUT2D eigenvalue weighted by Gasteiger charge is 2.07. The van der Waals surface area contributed by atoms with E-state index in [1.165, 1.54) is 4.88 Å². The van der Waals surface area contributed by atoms with Crippen LogP contribution in [0.5, 0.6) is 5.75 Å². The number of amides is 1. The molecule has 1 aromatic carbocycles. The van der Waals surface area contributed by atoms with E-state index in [9.17, 15) is 4.79 Å². The molecule has 0 aliphatic rings. The molecule has 0 saturated carbocycles. The van der Waals surface area contributed by atoms with E-state index in [2.05, 4.69) is 23.5 Å². The van der Waals surface area contributed by atoms with Crippen molar-refractivity contribution in [3.05, 3.63) is 51.7 Å². The highest BCUT2D eigenvalue weighted by molar-refractivity contribution is 7.14. The van der Waals surface area contributed by atoms with E-state index >= 15 is 0 Å². The van der Waals surface area contributed by atoms with Gasteiger partial charge in [-0.15, -0.1) is 11.3 Å². The van der Waals surface area contributed by atoms with E-state index in [0.717, 1.165) is 17.0 Å². The van der Waals surface area contributed by atoms with Crippen LogP contribution in [-0.4, -0.2) is 18.7 Å². The molecular weight excluding hydrogens is 284 g/mol. The zero-order valence-electron chi connectivity index (χ0n) is 12.3. The number of methoxy groups -OCH3 is 1. The summed E-state index contributed by atoms with van der Waals surface area (Å²) in [6.07, 6.45) is 1.01. The SMILES string of the molecule is CCc1ccc(/C(C)=N/NC(=O)c2cccc(OC)c2)s1. The van der Waals surface area contributed by atoms with E-state index in [4.69, 9.17) is 4.74 Å². The molecule has 1 N–H and O–H groups in total. The molecule has 2 rings (SSSR count). The van der Waals surface area contributed by atoms with Crippen LogP contribution >= 0.6 is 11.3 Å². The van der Waals surface area contributed by atoms with Crippen LogP contribution in [0.15, 0.2) is 41.5 Å². The van der Waals surface area contributed by atoms with E-state index in [1.807, 2.05) is 13.0 Å². The van der Waals surface area contributed by atoms with E-state index in [0.29, 0.717) is 11.3 Å². The first-order chi connectivity index (χ1) is 10.1. The number of nitrogens with one attached hydrogen (secondary N) is 1. The second-order valence-electron chi connectivity index (χ2n) is 4.49. The maximum atomic E-state index is 12.0. The average Bonchev–Trinajstić information content (AvgIpc) is 3.01. The first-order valence-corrected chi connectivity index (χ1v) is 7.53. The fourth-order valence-electron chi connectivity index (χ4n) is 1.78. The van der Waals surface area contributed by atoms with Gasteiger partial charge in [-0.3, -0.25) is 4.79 Å². The number of hydrazone groups is 1. The van der Waals surface area contributed by atoms with Gasteiger partial charge < -0.3 is 4.74 Å². The summed E-state index contributed by atoms with van der Waals surface area (Å²) < 4.78 is 5.10. The number of hydrogen-bond donors (Lipinski definition) is 1. The molecule has 1 aromatic heterocycles. The molecule has 0 aliphatic heterocycles. The summed E-state index contributed by atoms with van der Waals surface area (Å²) in [5.41, 5.74) is 3.90. The molecule has 0 spiro atoms. The van der Waals surface area contributed by atoms with Gasteiger partial charge in [0.2, 0.25) is 0 Å². The number of benzene rings is 1. The second-order valence-corrected chi connectivity index (χ2v) is 5.66. The number of nitrogens with zero attached hydrogens (tertiary/aromatic N) is 1. The van der Waals surface area contributed by atoms with Crippen LogP contribution in [0.4, 0.5) is 0 Å². The van der Waals surface area contributed by atoms with Crippen molar-refractivity contribution >= 4 is 23.0 Å². The van der Waals surface area contributed by atoms with Crippen molar-refractivity contribution in [1.82, 2.24) is 5.43 Å². The zero-order valence-corrected chi connectivity index (χ0v) is 13.2. The third kappa shape index (κ3) is 3.92. The van der Waals surface area contributed by atoms with Gasteiger partial charge in [-0.25, -0.2) is 5.43 Å². The number of carbonyl (C=O) groups is 1. The van der Waals surface area contributed by atoms with Crippen molar-refractivity contribution in [1.29, 1.82) is 0 Å². The van der Waals surface area contributed by atoms with Crippen LogP contribution < -0.4 is 10.2 Å². The largest absolute Gasteiger partial charge is 0.497 e. The van der Waals surface area contributed by atoms with Crippen LogP contribution in [0, 0.1) is 0 Å². The quantitative estimate of drug-likeness (QED) is 0.679. The Morgan fingerprint density at radius 3 is 2.81 bits per heavy atom. The average molecular weight is 302 g/mol. The zero-order chi connectivity index (χ0) is 15.2. The number of hydrogen-bond acceptors (Lipinski definition) is 4. The van der Waals surface area contributed by atoms with Crippen LogP contribution in [0.25, 0.3) is 0 Å². The molecule has 0 fully saturated rings. The fourth-order valence-corrected chi connectivity index (χ4v) is 2.67. The molecule has 1 heterocycles. The first-order valence-electron chi connectivity index (χ1n) is 6.71. The molecule has 0 saturated heterocycles. The van der Waals surface area contributed by atoms with Gasteiger partial charge in [-0.1, -0.05) is 13.0 Å². The number of aryl methyl sites for hydroxylation is 1. The molecule has 21 heavy (non-hydrogen) atoms. The lowest BCUT2D eigenvalue weighted by Gasteiger charge is -2.04. The summed E-state index contributed by atoms with van der Waals surface area (Å²) in [7, 11) is 1.57. The van der Waals surface area contributed by atoms with E-state index < -0.39 is 0 Å². The summed E-state index contributed by atoms with van der Waals surface area (Å²) in [5.74, 6) is 0.398. The lowest BCUT2D eigenvalue weighted by Crippen LogP contribution is -2.19. The monoisotopic (exact) mass is 302 g/mol. The molecule has 1 amide bonds. The van der Waals surface area contributed by atoms with Gasteiger partial charge in [-0.2, -0.15) is 5.10 Å². The maximum Gasteiger partial charge on any atom is 0.271 e. The fraction of sp³-hybridized carbons (Fsp3) is 0.250. The summed E-state index contributed by atoms with van der Waals surface area (Å²) in [4.78, 5) is 14.4. The van der Waals surface area contributed by atoms with Crippen molar-refractivity contribution in [2.24, 2.45) is 5.10 Å². The van der Waals surface area contributed by atoms with Gasteiger partial charge in [0.05, 0.1) is 17.7 Å². The van der Waals surface area contributed by atoms with Gasteiger partial charge in [0.15, 0.2) is 0 Å². The van der Waals surface area contributed by atoms with Crippen LogP contribution in [-0.2, 0) is 6.42 Å². The Balaban J connectivity index is 2.06. The predicted octanol–water partition coefficient (Wildman–Crippen LogP) is 3.47. The van der Waals surface area contributed by atoms with Gasteiger partial charge in [0.1, 0.15) is 5.75 Å². The third-order valence-electron chi connectivity index (χ3n) is 3.02. The van der Waals surface area contributed by atoms with Gasteiger partial charge >= 0.3 is 0 Å². The summed E-state index contributed by atoms with van der Waals surface area (Å²) >= 11 is 1.69. The smallest absolute Gasteiger partial charge is 0.271 e. The van der Waals surface area contributed by atoms with E-state index in [-0.39, 0.29) is 5.91 Å². The number of thiophene rings is 1. The minimum Gasteiger partial charge on any atom is -0.497 e. The number of carbonyl (C=O) groups excluding carboxylic acids is 1. The van der Waals surface area contributed by atoms with Gasteiger partial charge in [-0.05, 0) is 43.7 Å². The lowest BCUT2D eigenvalue weighted by atomic mass is 10.2. The van der Waals surface area contributed by atoms with Crippen molar-refractivity contribution < 1.29 is 9.53 Å². The third-order valence-corrected chi connectivity index (χ3v) is 4.36. The van der Waals surface area contributed by atoms with Gasteiger partial charge in [0.25, 0.3) is 5.91 Å². The lowest BCUT2D eigenvalue weighted by molar-refractivity contribution is 0.0954. The van der Waals surface area contributed by atoms with E-state index in [1.54, 1.807) is 42.7 Å². The molecule has 0 atom stereocenters. The number of rotatable bonds is 5.